The molecule has 20 heavy (non-hydrogen) atoms. The van der Waals surface area contributed by atoms with E-state index >= 15 is 0 Å². The van der Waals surface area contributed by atoms with E-state index < -0.39 is 0 Å². The second-order valence-electron chi connectivity index (χ2n) is 6.03. The molecule has 2 heterocycles. The van der Waals surface area contributed by atoms with E-state index in [9.17, 15) is 5.26 Å². The number of rotatable bonds is 2. The first kappa shape index (κ1) is 13.4. The summed E-state index contributed by atoms with van der Waals surface area (Å²) in [6.07, 6.45) is 6.74. The Hall–Kier alpha value is -1.60. The third-order valence-electron chi connectivity index (χ3n) is 4.39. The molecule has 106 valence electrons. The maximum atomic E-state index is 9.36. The van der Waals surface area contributed by atoms with Crippen molar-refractivity contribution in [1.82, 2.24) is 10.3 Å². The van der Waals surface area contributed by atoms with Crippen LogP contribution in [0.5, 0.6) is 0 Å². The van der Waals surface area contributed by atoms with Crippen LogP contribution < -0.4 is 10.6 Å². The Morgan fingerprint density at radius 3 is 3.05 bits per heavy atom. The highest BCUT2D eigenvalue weighted by atomic mass is 15.1. The minimum atomic E-state index is 0.424. The molecule has 0 spiro atoms. The van der Waals surface area contributed by atoms with Gasteiger partial charge in [-0.05, 0) is 63.6 Å². The number of anilines is 1. The number of piperidine rings is 1. The SMILES string of the molecule is CC1CC(Nc2nc3c(cc2C#N)CCCC3)CCN1. The minimum absolute atomic E-state index is 0.424. The van der Waals surface area contributed by atoms with Crippen molar-refractivity contribution in [3.63, 3.8) is 0 Å². The molecule has 2 unspecified atom stereocenters. The lowest BCUT2D eigenvalue weighted by Crippen LogP contribution is -2.41. The van der Waals surface area contributed by atoms with Crippen LogP contribution in [0, 0.1) is 11.3 Å². The van der Waals surface area contributed by atoms with Crippen molar-refractivity contribution >= 4 is 5.82 Å². The maximum Gasteiger partial charge on any atom is 0.144 e. The van der Waals surface area contributed by atoms with Gasteiger partial charge in [-0.25, -0.2) is 4.98 Å². The third kappa shape index (κ3) is 2.78. The van der Waals surface area contributed by atoms with Gasteiger partial charge in [-0.1, -0.05) is 0 Å². The fraction of sp³-hybridized carbons (Fsp3) is 0.625. The average Bonchev–Trinajstić information content (AvgIpc) is 2.46. The van der Waals surface area contributed by atoms with Crippen LogP contribution in [-0.4, -0.2) is 23.6 Å². The number of pyridine rings is 1. The van der Waals surface area contributed by atoms with E-state index in [0.717, 1.165) is 38.0 Å². The zero-order valence-electron chi connectivity index (χ0n) is 12.1. The summed E-state index contributed by atoms with van der Waals surface area (Å²) in [7, 11) is 0. The number of nitrogens with one attached hydrogen (secondary N) is 2. The van der Waals surface area contributed by atoms with Crippen LogP contribution in [0.15, 0.2) is 6.07 Å². The van der Waals surface area contributed by atoms with Crippen LogP contribution in [0.3, 0.4) is 0 Å². The Balaban J connectivity index is 1.83. The van der Waals surface area contributed by atoms with E-state index in [1.807, 2.05) is 6.07 Å². The van der Waals surface area contributed by atoms with Gasteiger partial charge in [-0.3, -0.25) is 0 Å². The fourth-order valence-electron chi connectivity index (χ4n) is 3.29. The lowest BCUT2D eigenvalue weighted by atomic mass is 9.94. The Bertz CT molecular complexity index is 532. The molecule has 0 radical (unpaired) electrons. The summed E-state index contributed by atoms with van der Waals surface area (Å²) >= 11 is 0. The first-order chi connectivity index (χ1) is 9.76. The Morgan fingerprint density at radius 1 is 1.40 bits per heavy atom. The summed E-state index contributed by atoms with van der Waals surface area (Å²) in [6.45, 7) is 3.24. The topological polar surface area (TPSA) is 60.7 Å². The summed E-state index contributed by atoms with van der Waals surface area (Å²) in [5.74, 6) is 0.798. The molecular formula is C16H22N4. The van der Waals surface area contributed by atoms with E-state index in [0.29, 0.717) is 17.6 Å². The molecule has 0 bridgehead atoms. The van der Waals surface area contributed by atoms with Crippen molar-refractivity contribution < 1.29 is 0 Å². The summed E-state index contributed by atoms with van der Waals surface area (Å²) in [5.41, 5.74) is 3.17. The Morgan fingerprint density at radius 2 is 2.25 bits per heavy atom. The summed E-state index contributed by atoms with van der Waals surface area (Å²) in [5, 5.41) is 16.3. The van der Waals surface area contributed by atoms with Gasteiger partial charge < -0.3 is 10.6 Å². The highest BCUT2D eigenvalue weighted by Gasteiger charge is 2.21. The molecule has 1 aromatic rings. The molecule has 2 N–H and O–H groups in total. The maximum absolute atomic E-state index is 9.36. The van der Waals surface area contributed by atoms with Crippen molar-refractivity contribution in [2.75, 3.05) is 11.9 Å². The Labute approximate surface area is 120 Å². The van der Waals surface area contributed by atoms with Crippen molar-refractivity contribution in [3.8, 4) is 6.07 Å². The van der Waals surface area contributed by atoms with Crippen molar-refractivity contribution in [1.29, 1.82) is 5.26 Å². The highest BCUT2D eigenvalue weighted by molar-refractivity contribution is 5.55. The molecule has 1 saturated heterocycles. The average molecular weight is 270 g/mol. The van der Waals surface area contributed by atoms with Crippen molar-refractivity contribution in [3.05, 3.63) is 22.9 Å². The first-order valence-corrected chi connectivity index (χ1v) is 7.69. The minimum Gasteiger partial charge on any atom is -0.366 e. The smallest absolute Gasteiger partial charge is 0.144 e. The predicted molar refractivity (Wildman–Crippen MR) is 79.7 cm³/mol. The lowest BCUT2D eigenvalue weighted by Gasteiger charge is -2.29. The number of aromatic nitrogens is 1. The standard InChI is InChI=1S/C16H22N4/c1-11-8-14(6-7-18-11)19-16-13(10-17)9-12-4-2-3-5-15(12)20-16/h9,11,14,18H,2-8H2,1H3,(H,19,20). The molecule has 1 aromatic heterocycles. The second-order valence-corrected chi connectivity index (χ2v) is 6.03. The molecule has 0 aromatic carbocycles. The van der Waals surface area contributed by atoms with E-state index in [1.54, 1.807) is 0 Å². The zero-order chi connectivity index (χ0) is 13.9. The van der Waals surface area contributed by atoms with Gasteiger partial charge in [-0.2, -0.15) is 5.26 Å². The lowest BCUT2D eigenvalue weighted by molar-refractivity contribution is 0.395. The van der Waals surface area contributed by atoms with Gasteiger partial charge in [0.1, 0.15) is 11.9 Å². The van der Waals surface area contributed by atoms with Gasteiger partial charge in [0.25, 0.3) is 0 Å². The number of hydrogen-bond acceptors (Lipinski definition) is 4. The van der Waals surface area contributed by atoms with Crippen LogP contribution >= 0.6 is 0 Å². The molecular weight excluding hydrogens is 248 g/mol. The van der Waals surface area contributed by atoms with Gasteiger partial charge in [-0.15, -0.1) is 0 Å². The fourth-order valence-corrected chi connectivity index (χ4v) is 3.29. The quantitative estimate of drug-likeness (QED) is 0.866. The number of fused-ring (bicyclic) bond motifs is 1. The molecule has 1 fully saturated rings. The molecule has 1 aliphatic carbocycles. The van der Waals surface area contributed by atoms with Crippen molar-refractivity contribution in [2.24, 2.45) is 0 Å². The van der Waals surface area contributed by atoms with Crippen LogP contribution in [0.25, 0.3) is 0 Å². The molecule has 2 aliphatic rings. The normalized spacial score (nSPS) is 25.6. The van der Waals surface area contributed by atoms with Gasteiger partial charge >= 0.3 is 0 Å². The number of nitrogens with zero attached hydrogens (tertiary/aromatic N) is 2. The van der Waals surface area contributed by atoms with Crippen LogP contribution in [-0.2, 0) is 12.8 Å². The van der Waals surface area contributed by atoms with Crippen LogP contribution in [0.4, 0.5) is 5.82 Å². The molecule has 0 amide bonds. The number of aryl methyl sites for hydroxylation is 2. The molecule has 4 nitrogen and oxygen atoms in total. The summed E-state index contributed by atoms with van der Waals surface area (Å²) in [4.78, 5) is 4.75. The molecule has 0 saturated carbocycles. The van der Waals surface area contributed by atoms with Gasteiger partial charge in [0.15, 0.2) is 0 Å². The Kier molecular flexibility index (Phi) is 3.88. The third-order valence-corrected chi connectivity index (χ3v) is 4.39. The van der Waals surface area contributed by atoms with Gasteiger partial charge in [0.05, 0.1) is 5.56 Å². The predicted octanol–water partition coefficient (Wildman–Crippen LogP) is 2.38. The largest absolute Gasteiger partial charge is 0.366 e. The van der Waals surface area contributed by atoms with Crippen LogP contribution in [0.2, 0.25) is 0 Å². The van der Waals surface area contributed by atoms with E-state index in [-0.39, 0.29) is 0 Å². The molecule has 2 atom stereocenters. The van der Waals surface area contributed by atoms with E-state index in [2.05, 4.69) is 23.6 Å². The van der Waals surface area contributed by atoms with Crippen LogP contribution in [0.1, 0.15) is 49.4 Å². The first-order valence-electron chi connectivity index (χ1n) is 7.69. The van der Waals surface area contributed by atoms with E-state index in [1.165, 1.54) is 24.1 Å². The number of hydrogen-bond donors (Lipinski definition) is 2. The summed E-state index contributed by atoms with van der Waals surface area (Å²) in [6, 6.07) is 5.31. The highest BCUT2D eigenvalue weighted by Crippen LogP contribution is 2.25. The van der Waals surface area contributed by atoms with E-state index in [4.69, 9.17) is 4.98 Å². The summed E-state index contributed by atoms with van der Waals surface area (Å²) < 4.78 is 0. The van der Waals surface area contributed by atoms with Crippen molar-refractivity contribution in [2.45, 2.75) is 57.5 Å². The van der Waals surface area contributed by atoms with Gasteiger partial charge in [0, 0.05) is 17.8 Å². The molecule has 3 rings (SSSR count). The molecule has 4 heteroatoms. The zero-order valence-corrected chi connectivity index (χ0v) is 12.1. The molecule has 1 aliphatic heterocycles. The van der Waals surface area contributed by atoms with Gasteiger partial charge in [0.2, 0.25) is 0 Å². The monoisotopic (exact) mass is 270 g/mol. The number of nitriles is 1. The second kappa shape index (κ2) is 5.80.